The van der Waals surface area contributed by atoms with Crippen LogP contribution in [-0.2, 0) is 4.79 Å². The molecule has 78 valence electrons. The van der Waals surface area contributed by atoms with Crippen molar-refractivity contribution in [3.8, 4) is 0 Å². The van der Waals surface area contributed by atoms with Crippen LogP contribution < -0.4 is 5.73 Å². The third-order valence-corrected chi connectivity index (χ3v) is 5.78. The Bertz CT molecular complexity index is 323. The summed E-state index contributed by atoms with van der Waals surface area (Å²) in [5, 5.41) is 0. The molecule has 2 rings (SSSR count). The number of hydrogen-bond donors (Lipinski definition) is 1. The van der Waals surface area contributed by atoms with Gasteiger partial charge in [0.1, 0.15) is 0 Å². The molecule has 0 aromatic carbocycles. The van der Waals surface area contributed by atoms with Crippen molar-refractivity contribution in [2.45, 2.75) is 31.5 Å². The van der Waals surface area contributed by atoms with E-state index in [-0.39, 0.29) is 16.1 Å². The van der Waals surface area contributed by atoms with Crippen LogP contribution in [0.25, 0.3) is 0 Å². The molecule has 2 aliphatic rings. The molecule has 2 bridgehead atoms. The monoisotopic (exact) mass is 257 g/mol. The highest BCUT2D eigenvalue weighted by Gasteiger charge is 2.65. The molecule has 2 aliphatic carbocycles. The van der Waals surface area contributed by atoms with Gasteiger partial charge in [0.15, 0.2) is 0 Å². The molecule has 3 atom stereocenters. The molecule has 0 aliphatic heterocycles. The lowest BCUT2D eigenvalue weighted by Crippen LogP contribution is -2.41. The first kappa shape index (κ1) is 10.2. The van der Waals surface area contributed by atoms with Gasteiger partial charge in [-0.3, -0.25) is 4.79 Å². The van der Waals surface area contributed by atoms with Crippen LogP contribution in [0, 0.1) is 16.7 Å². The number of rotatable bonds is 1. The predicted molar refractivity (Wildman–Crippen MR) is 60.0 cm³/mol. The van der Waals surface area contributed by atoms with E-state index in [1.165, 1.54) is 0 Å². The van der Waals surface area contributed by atoms with E-state index < -0.39 is 5.41 Å². The molecule has 2 nitrogen and oxygen atoms in total. The van der Waals surface area contributed by atoms with Crippen LogP contribution in [0.15, 0.2) is 12.2 Å². The molecule has 0 heterocycles. The average molecular weight is 258 g/mol. The van der Waals surface area contributed by atoms with Gasteiger partial charge in [0.25, 0.3) is 0 Å². The van der Waals surface area contributed by atoms with Crippen molar-refractivity contribution >= 4 is 21.8 Å². The largest absolute Gasteiger partial charge is 0.369 e. The van der Waals surface area contributed by atoms with Gasteiger partial charge in [-0.15, -0.1) is 0 Å². The zero-order valence-electron chi connectivity index (χ0n) is 8.64. The summed E-state index contributed by atoms with van der Waals surface area (Å²) in [5.41, 5.74) is 6.13. The van der Waals surface area contributed by atoms with Gasteiger partial charge in [0.05, 0.1) is 5.41 Å². The Balaban J connectivity index is 2.55. The van der Waals surface area contributed by atoms with Gasteiger partial charge in [0.2, 0.25) is 5.91 Å². The fraction of sp³-hybridized carbons (Fsp3) is 0.727. The summed E-state index contributed by atoms with van der Waals surface area (Å²) >= 11 is 3.64. The number of halogens is 1. The number of fused-ring (bicyclic) bond motifs is 2. The van der Waals surface area contributed by atoms with Crippen LogP contribution in [-0.4, -0.2) is 10.7 Å². The molecular formula is C11H16BrNO. The van der Waals surface area contributed by atoms with Crippen molar-refractivity contribution in [1.82, 2.24) is 0 Å². The Labute approximate surface area is 93.1 Å². The summed E-state index contributed by atoms with van der Waals surface area (Å²) in [6, 6.07) is 0. The third-order valence-electron chi connectivity index (χ3n) is 4.36. The lowest BCUT2D eigenvalue weighted by molar-refractivity contribution is -0.125. The average Bonchev–Trinajstić information content (AvgIpc) is 2.47. The van der Waals surface area contributed by atoms with E-state index in [2.05, 4.69) is 36.4 Å². The van der Waals surface area contributed by atoms with E-state index in [1.807, 2.05) is 0 Å². The third kappa shape index (κ3) is 0.848. The maximum atomic E-state index is 11.6. The fourth-order valence-electron chi connectivity index (χ4n) is 3.26. The summed E-state index contributed by atoms with van der Waals surface area (Å²) in [4.78, 5) is 11.8. The molecule has 0 saturated heterocycles. The number of nitrogens with two attached hydrogens (primary N) is 1. The Hall–Kier alpha value is -0.310. The molecule has 3 heteroatoms. The Morgan fingerprint density at radius 2 is 2.21 bits per heavy atom. The van der Waals surface area contributed by atoms with Crippen LogP contribution in [0.3, 0.4) is 0 Å². The molecule has 14 heavy (non-hydrogen) atoms. The van der Waals surface area contributed by atoms with Gasteiger partial charge in [-0.05, 0) is 24.2 Å². The smallest absolute Gasteiger partial charge is 0.228 e. The van der Waals surface area contributed by atoms with Gasteiger partial charge < -0.3 is 5.73 Å². The molecule has 0 aromatic heterocycles. The number of carbonyl (C=O) groups is 1. The van der Waals surface area contributed by atoms with E-state index in [0.29, 0.717) is 5.92 Å². The van der Waals surface area contributed by atoms with E-state index >= 15 is 0 Å². The van der Waals surface area contributed by atoms with Gasteiger partial charge >= 0.3 is 0 Å². The molecule has 1 amide bonds. The quantitative estimate of drug-likeness (QED) is 0.568. The maximum Gasteiger partial charge on any atom is 0.228 e. The lowest BCUT2D eigenvalue weighted by atomic mass is 9.68. The second kappa shape index (κ2) is 2.63. The summed E-state index contributed by atoms with van der Waals surface area (Å²) in [6.45, 7) is 8.43. The second-order valence-corrected chi connectivity index (χ2v) is 6.07. The number of amides is 1. The second-order valence-electron chi connectivity index (χ2n) is 5.08. The molecule has 0 unspecified atom stereocenters. The Morgan fingerprint density at radius 1 is 1.64 bits per heavy atom. The van der Waals surface area contributed by atoms with Gasteiger partial charge in [-0.25, -0.2) is 0 Å². The van der Waals surface area contributed by atoms with Crippen molar-refractivity contribution in [2.75, 3.05) is 0 Å². The SMILES string of the molecule is C=C1C(C)(C)[C@@H]2CC[C@@]1(C(N)=O)[C@H]2Br. The van der Waals surface area contributed by atoms with E-state index in [0.717, 1.165) is 18.4 Å². The molecule has 2 saturated carbocycles. The Morgan fingerprint density at radius 3 is 2.50 bits per heavy atom. The standard InChI is InChI=1S/C11H16BrNO/c1-6-10(2,3)7-4-5-11(6,8(7)12)9(13)14/h7-8H,1,4-5H2,2-3H3,(H2,13,14)/t7-,8+,11+/m1/s1. The van der Waals surface area contributed by atoms with Crippen LogP contribution >= 0.6 is 15.9 Å². The zero-order chi connectivity index (χ0) is 10.7. The molecular weight excluding hydrogens is 242 g/mol. The van der Waals surface area contributed by atoms with Crippen molar-refractivity contribution in [1.29, 1.82) is 0 Å². The molecule has 0 aromatic rings. The van der Waals surface area contributed by atoms with E-state index in [9.17, 15) is 4.79 Å². The van der Waals surface area contributed by atoms with E-state index in [1.54, 1.807) is 0 Å². The highest BCUT2D eigenvalue weighted by atomic mass is 79.9. The first-order chi connectivity index (χ1) is 6.35. The molecule has 2 fully saturated rings. The van der Waals surface area contributed by atoms with Crippen molar-refractivity contribution < 1.29 is 4.79 Å². The molecule has 2 N–H and O–H groups in total. The normalized spacial score (nSPS) is 44.4. The first-order valence-electron chi connectivity index (χ1n) is 4.99. The van der Waals surface area contributed by atoms with Gasteiger partial charge in [-0.1, -0.05) is 41.9 Å². The highest BCUT2D eigenvalue weighted by molar-refractivity contribution is 9.09. The molecule has 0 radical (unpaired) electrons. The van der Waals surface area contributed by atoms with Crippen molar-refractivity contribution in [3.63, 3.8) is 0 Å². The summed E-state index contributed by atoms with van der Waals surface area (Å²) in [5.74, 6) is 0.292. The van der Waals surface area contributed by atoms with Crippen LogP contribution in [0.4, 0.5) is 0 Å². The van der Waals surface area contributed by atoms with Crippen LogP contribution in [0.1, 0.15) is 26.7 Å². The van der Waals surface area contributed by atoms with Crippen LogP contribution in [0.5, 0.6) is 0 Å². The number of primary amides is 1. The van der Waals surface area contributed by atoms with E-state index in [4.69, 9.17) is 5.73 Å². The van der Waals surface area contributed by atoms with Gasteiger partial charge in [0, 0.05) is 4.83 Å². The minimum atomic E-state index is -0.478. The van der Waals surface area contributed by atoms with Crippen molar-refractivity contribution in [3.05, 3.63) is 12.2 Å². The topological polar surface area (TPSA) is 43.1 Å². The predicted octanol–water partition coefficient (Wildman–Crippen LogP) is 2.23. The summed E-state index contributed by atoms with van der Waals surface area (Å²) in [7, 11) is 0. The highest BCUT2D eigenvalue weighted by Crippen LogP contribution is 2.67. The Kier molecular flexibility index (Phi) is 1.92. The minimum Gasteiger partial charge on any atom is -0.369 e. The van der Waals surface area contributed by atoms with Crippen molar-refractivity contribution in [2.24, 2.45) is 22.5 Å². The molecule has 0 spiro atoms. The van der Waals surface area contributed by atoms with Gasteiger partial charge in [-0.2, -0.15) is 0 Å². The zero-order valence-corrected chi connectivity index (χ0v) is 10.2. The fourth-order valence-corrected chi connectivity index (χ4v) is 4.92. The number of alkyl halides is 1. The number of carbonyl (C=O) groups excluding carboxylic acids is 1. The summed E-state index contributed by atoms with van der Waals surface area (Å²) in [6.07, 6.45) is 1.94. The minimum absolute atomic E-state index is 0.0431. The lowest BCUT2D eigenvalue weighted by Gasteiger charge is -2.35. The number of hydrogen-bond acceptors (Lipinski definition) is 1. The van der Waals surface area contributed by atoms with Crippen LogP contribution in [0.2, 0.25) is 0 Å². The first-order valence-corrected chi connectivity index (χ1v) is 5.90. The maximum absolute atomic E-state index is 11.6. The summed E-state index contributed by atoms with van der Waals surface area (Å²) < 4.78 is 0.